The van der Waals surface area contributed by atoms with Gasteiger partial charge < -0.3 is 19.3 Å². The van der Waals surface area contributed by atoms with Gasteiger partial charge in [0.1, 0.15) is 6.10 Å². The molecule has 1 fully saturated rings. The molecule has 4 heteroatoms. The van der Waals surface area contributed by atoms with Crippen LogP contribution in [-0.2, 0) is 14.2 Å². The lowest BCUT2D eigenvalue weighted by Gasteiger charge is -2.30. The molecule has 1 aromatic carbocycles. The number of benzene rings is 1. The Morgan fingerprint density at radius 2 is 1.88 bits per heavy atom. The predicted molar refractivity (Wildman–Crippen MR) is 57.6 cm³/mol. The molecule has 4 nitrogen and oxygen atoms in total. The maximum absolute atomic E-state index is 9.05. The van der Waals surface area contributed by atoms with E-state index in [1.807, 2.05) is 30.3 Å². The van der Waals surface area contributed by atoms with Crippen LogP contribution in [0.25, 0.3) is 0 Å². The quantitative estimate of drug-likeness (QED) is 0.789. The van der Waals surface area contributed by atoms with Crippen LogP contribution < -0.4 is 0 Å². The van der Waals surface area contributed by atoms with Gasteiger partial charge in [0.05, 0.1) is 13.2 Å². The molecule has 1 saturated heterocycles. The van der Waals surface area contributed by atoms with Gasteiger partial charge in [-0.3, -0.25) is 0 Å². The molecule has 1 N–H and O–H groups in total. The minimum atomic E-state index is -0.787. The lowest BCUT2D eigenvalue weighted by atomic mass is 10.2. The molecule has 1 aliphatic rings. The molecule has 0 bridgehead atoms. The third-order valence-electron chi connectivity index (χ3n) is 2.33. The smallest absolute Gasteiger partial charge is 0.184 e. The van der Waals surface area contributed by atoms with Crippen molar-refractivity contribution in [3.05, 3.63) is 35.9 Å². The van der Waals surface area contributed by atoms with Crippen molar-refractivity contribution in [1.29, 1.82) is 0 Å². The fourth-order valence-electron chi connectivity index (χ4n) is 1.65. The lowest BCUT2D eigenvalue weighted by molar-refractivity contribution is -0.255. The van der Waals surface area contributed by atoms with Crippen molar-refractivity contribution < 1.29 is 19.3 Å². The Balaban J connectivity index is 1.86. The highest BCUT2D eigenvalue weighted by Gasteiger charge is 2.24. The van der Waals surface area contributed by atoms with E-state index >= 15 is 0 Å². The second-order valence-corrected chi connectivity index (χ2v) is 3.77. The summed E-state index contributed by atoms with van der Waals surface area (Å²) >= 11 is 0. The second kappa shape index (κ2) is 5.41. The zero-order valence-electron chi connectivity index (χ0n) is 9.20. The number of hydrogen-bond donors (Lipinski definition) is 1. The highest BCUT2D eigenvalue weighted by atomic mass is 16.7. The van der Waals surface area contributed by atoms with Crippen LogP contribution in [0.5, 0.6) is 0 Å². The Kier molecular flexibility index (Phi) is 3.90. The number of ether oxygens (including phenoxy) is 3. The Hall–Kier alpha value is -0.940. The SMILES string of the molecule is CC(O)OC1COC(c2ccccc2)OC1. The van der Waals surface area contributed by atoms with Gasteiger partial charge >= 0.3 is 0 Å². The van der Waals surface area contributed by atoms with Crippen LogP contribution in [0.1, 0.15) is 18.8 Å². The molecule has 1 aromatic rings. The predicted octanol–water partition coefficient (Wildman–Crippen LogP) is 1.46. The molecule has 88 valence electrons. The van der Waals surface area contributed by atoms with Crippen molar-refractivity contribution in [2.24, 2.45) is 0 Å². The highest BCUT2D eigenvalue weighted by Crippen LogP contribution is 2.23. The lowest BCUT2D eigenvalue weighted by Crippen LogP contribution is -2.35. The van der Waals surface area contributed by atoms with Crippen LogP contribution in [0, 0.1) is 0 Å². The highest BCUT2D eigenvalue weighted by molar-refractivity contribution is 5.16. The van der Waals surface area contributed by atoms with Crippen LogP contribution >= 0.6 is 0 Å². The molecule has 0 aromatic heterocycles. The largest absolute Gasteiger partial charge is 0.368 e. The van der Waals surface area contributed by atoms with Gasteiger partial charge in [-0.1, -0.05) is 30.3 Å². The molecule has 1 unspecified atom stereocenters. The normalized spacial score (nSPS) is 27.6. The minimum Gasteiger partial charge on any atom is -0.368 e. The summed E-state index contributed by atoms with van der Waals surface area (Å²) in [5.41, 5.74) is 0.998. The van der Waals surface area contributed by atoms with Crippen LogP contribution in [0.3, 0.4) is 0 Å². The van der Waals surface area contributed by atoms with Gasteiger partial charge in [-0.2, -0.15) is 0 Å². The topological polar surface area (TPSA) is 47.9 Å². The van der Waals surface area contributed by atoms with Crippen molar-refractivity contribution in [3.63, 3.8) is 0 Å². The zero-order valence-corrected chi connectivity index (χ0v) is 9.20. The molecule has 0 radical (unpaired) electrons. The number of rotatable bonds is 3. The zero-order chi connectivity index (χ0) is 11.4. The molecule has 0 aliphatic carbocycles. The van der Waals surface area contributed by atoms with Gasteiger partial charge in [0.15, 0.2) is 12.6 Å². The van der Waals surface area contributed by atoms with E-state index < -0.39 is 6.29 Å². The van der Waals surface area contributed by atoms with Gasteiger partial charge in [-0.15, -0.1) is 0 Å². The average molecular weight is 224 g/mol. The summed E-state index contributed by atoms with van der Waals surface area (Å²) < 4.78 is 16.2. The number of hydrogen-bond acceptors (Lipinski definition) is 4. The summed E-state index contributed by atoms with van der Waals surface area (Å²) in [5.74, 6) is 0. The van der Waals surface area contributed by atoms with E-state index in [0.717, 1.165) is 5.56 Å². The van der Waals surface area contributed by atoms with E-state index in [9.17, 15) is 0 Å². The second-order valence-electron chi connectivity index (χ2n) is 3.77. The van der Waals surface area contributed by atoms with Crippen LogP contribution in [0.4, 0.5) is 0 Å². The van der Waals surface area contributed by atoms with Gasteiger partial charge in [0.2, 0.25) is 0 Å². The van der Waals surface area contributed by atoms with Crippen molar-refractivity contribution in [1.82, 2.24) is 0 Å². The van der Waals surface area contributed by atoms with E-state index in [1.54, 1.807) is 6.92 Å². The summed E-state index contributed by atoms with van der Waals surface area (Å²) in [6, 6.07) is 9.76. The first-order valence-corrected chi connectivity index (χ1v) is 5.37. The minimum absolute atomic E-state index is 0.194. The van der Waals surface area contributed by atoms with Crippen molar-refractivity contribution in [3.8, 4) is 0 Å². The Bertz CT molecular complexity index is 304. The summed E-state index contributed by atoms with van der Waals surface area (Å²) in [4.78, 5) is 0. The van der Waals surface area contributed by atoms with Gasteiger partial charge in [-0.05, 0) is 6.92 Å². The average Bonchev–Trinajstić information content (AvgIpc) is 2.30. The first-order chi connectivity index (χ1) is 7.75. The summed E-state index contributed by atoms with van der Waals surface area (Å²) in [5, 5.41) is 9.05. The molecular weight excluding hydrogens is 208 g/mol. The molecular formula is C12H16O4. The third-order valence-corrected chi connectivity index (χ3v) is 2.33. The maximum Gasteiger partial charge on any atom is 0.184 e. The van der Waals surface area contributed by atoms with E-state index in [2.05, 4.69) is 0 Å². The monoisotopic (exact) mass is 224 g/mol. The fourth-order valence-corrected chi connectivity index (χ4v) is 1.65. The van der Waals surface area contributed by atoms with Crippen LogP contribution in [0.15, 0.2) is 30.3 Å². The van der Waals surface area contributed by atoms with Crippen molar-refractivity contribution in [2.75, 3.05) is 13.2 Å². The molecule has 0 saturated carbocycles. The molecule has 1 aliphatic heterocycles. The van der Waals surface area contributed by atoms with E-state index in [4.69, 9.17) is 19.3 Å². The molecule has 1 atom stereocenters. The summed E-state index contributed by atoms with van der Waals surface area (Å²) in [6.45, 7) is 2.44. The van der Waals surface area contributed by atoms with Crippen LogP contribution in [-0.4, -0.2) is 30.7 Å². The van der Waals surface area contributed by atoms with Gasteiger partial charge in [-0.25, -0.2) is 0 Å². The standard InChI is InChI=1S/C12H16O4/c1-9(13)16-11-7-14-12(15-8-11)10-5-3-2-4-6-10/h2-6,9,11-13H,7-8H2,1H3. The Morgan fingerprint density at radius 1 is 1.25 bits per heavy atom. The number of aliphatic hydroxyl groups excluding tert-OH is 1. The summed E-state index contributed by atoms with van der Waals surface area (Å²) in [6.07, 6.45) is -1.31. The molecule has 2 rings (SSSR count). The van der Waals surface area contributed by atoms with E-state index in [1.165, 1.54) is 0 Å². The Morgan fingerprint density at radius 3 is 2.44 bits per heavy atom. The number of aliphatic hydroxyl groups is 1. The Labute approximate surface area is 94.8 Å². The van der Waals surface area contributed by atoms with E-state index in [0.29, 0.717) is 13.2 Å². The fraction of sp³-hybridized carbons (Fsp3) is 0.500. The van der Waals surface area contributed by atoms with Crippen LogP contribution in [0.2, 0.25) is 0 Å². The molecule has 16 heavy (non-hydrogen) atoms. The molecule has 1 heterocycles. The van der Waals surface area contributed by atoms with Crippen molar-refractivity contribution in [2.45, 2.75) is 25.6 Å². The van der Waals surface area contributed by atoms with E-state index in [-0.39, 0.29) is 12.4 Å². The van der Waals surface area contributed by atoms with Crippen molar-refractivity contribution >= 4 is 0 Å². The molecule has 0 spiro atoms. The molecule has 0 amide bonds. The first kappa shape index (κ1) is 11.5. The third kappa shape index (κ3) is 3.02. The van der Waals surface area contributed by atoms with Gasteiger partial charge in [0.25, 0.3) is 0 Å². The van der Waals surface area contributed by atoms with Gasteiger partial charge in [0, 0.05) is 5.56 Å². The first-order valence-electron chi connectivity index (χ1n) is 5.37. The summed E-state index contributed by atoms with van der Waals surface area (Å²) in [7, 11) is 0. The maximum atomic E-state index is 9.05.